The summed E-state index contributed by atoms with van der Waals surface area (Å²) >= 11 is 6.18. The van der Waals surface area contributed by atoms with E-state index < -0.39 is 10.0 Å². The van der Waals surface area contributed by atoms with E-state index in [0.717, 1.165) is 0 Å². The maximum atomic E-state index is 11.5. The lowest BCUT2D eigenvalue weighted by molar-refractivity contribution is 0.597. The Morgan fingerprint density at radius 3 is 2.71 bits per heavy atom. The van der Waals surface area contributed by atoms with Gasteiger partial charge in [-0.1, -0.05) is 0 Å². The molecule has 0 fully saturated rings. The normalized spacial score (nSPS) is 18.0. The van der Waals surface area contributed by atoms with Crippen molar-refractivity contribution in [3.8, 4) is 0 Å². The first-order valence-electron chi connectivity index (χ1n) is 3.42. The third-order valence-electron chi connectivity index (χ3n) is 1.57. The summed E-state index contributed by atoms with van der Waals surface area (Å²) in [5.41, 5.74) is 0.446. The highest BCUT2D eigenvalue weighted by atomic mass is 79.9. The van der Waals surface area contributed by atoms with Crippen LogP contribution in [0.4, 0.5) is 5.69 Å². The summed E-state index contributed by atoms with van der Waals surface area (Å²) in [5, 5.41) is 2.78. The Balaban J connectivity index is 2.78. The Hall–Kier alpha value is -0.470. The molecule has 1 aliphatic rings. The zero-order valence-electron chi connectivity index (χ0n) is 6.53. The molecule has 0 radical (unpaired) electrons. The van der Waals surface area contributed by atoms with E-state index in [0.29, 0.717) is 10.2 Å². The predicted molar refractivity (Wildman–Crippen MR) is 59.1 cm³/mol. The monoisotopic (exact) mass is 339 g/mol. The minimum absolute atomic E-state index is 0.0649. The zero-order chi connectivity index (χ0) is 10.3. The Morgan fingerprint density at radius 2 is 2.00 bits per heavy atom. The minimum Gasteiger partial charge on any atom is -0.331 e. The quantitative estimate of drug-likeness (QED) is 0.730. The van der Waals surface area contributed by atoms with E-state index in [2.05, 4.69) is 46.6 Å². The molecule has 1 aromatic heterocycles. The predicted octanol–water partition coefficient (Wildman–Crippen LogP) is 1.71. The maximum absolute atomic E-state index is 11.5. The van der Waals surface area contributed by atoms with Crippen molar-refractivity contribution in [2.24, 2.45) is 4.40 Å². The molecule has 0 aromatic carbocycles. The highest BCUT2D eigenvalue weighted by Gasteiger charge is 2.25. The highest BCUT2D eigenvalue weighted by Crippen LogP contribution is 2.33. The van der Waals surface area contributed by atoms with E-state index in [1.54, 1.807) is 0 Å². The lowest BCUT2D eigenvalue weighted by atomic mass is 10.4. The second-order valence-corrected chi connectivity index (χ2v) is 5.65. The zero-order valence-corrected chi connectivity index (χ0v) is 10.5. The van der Waals surface area contributed by atoms with Crippen molar-refractivity contribution in [1.29, 1.82) is 0 Å². The molecule has 0 saturated carbocycles. The molecule has 14 heavy (non-hydrogen) atoms. The van der Waals surface area contributed by atoms with Crippen molar-refractivity contribution >= 4 is 52.3 Å². The van der Waals surface area contributed by atoms with E-state index in [4.69, 9.17) is 0 Å². The Bertz CT molecular complexity index is 526. The van der Waals surface area contributed by atoms with Gasteiger partial charge in [-0.3, -0.25) is 4.98 Å². The summed E-state index contributed by atoms with van der Waals surface area (Å²) < 4.78 is 27.2. The van der Waals surface area contributed by atoms with Crippen LogP contribution in [-0.2, 0) is 10.0 Å². The van der Waals surface area contributed by atoms with Gasteiger partial charge in [0.1, 0.15) is 4.90 Å². The average molecular weight is 341 g/mol. The van der Waals surface area contributed by atoms with Gasteiger partial charge in [0.25, 0.3) is 10.0 Å². The van der Waals surface area contributed by atoms with Crippen molar-refractivity contribution < 1.29 is 8.42 Å². The molecular weight excluding hydrogens is 338 g/mol. The van der Waals surface area contributed by atoms with E-state index in [1.165, 1.54) is 12.4 Å². The molecule has 0 unspecified atom stereocenters. The Labute approximate surface area is 97.0 Å². The van der Waals surface area contributed by atoms with E-state index in [-0.39, 0.29) is 9.64 Å². The second kappa shape index (κ2) is 3.28. The number of fused-ring (bicyclic) bond motifs is 1. The second-order valence-electron chi connectivity index (χ2n) is 2.48. The molecule has 0 saturated heterocycles. The first kappa shape index (κ1) is 10.1. The van der Waals surface area contributed by atoms with Gasteiger partial charge < -0.3 is 5.32 Å². The van der Waals surface area contributed by atoms with Gasteiger partial charge >= 0.3 is 0 Å². The van der Waals surface area contributed by atoms with Crippen LogP contribution in [0.25, 0.3) is 0 Å². The van der Waals surface area contributed by atoms with Crippen molar-refractivity contribution in [2.45, 2.75) is 4.90 Å². The number of rotatable bonds is 0. The minimum atomic E-state index is -3.63. The highest BCUT2D eigenvalue weighted by molar-refractivity contribution is 9.18. The number of aromatic nitrogens is 1. The number of nitrogens with zero attached hydrogens (tertiary/aromatic N) is 2. The number of hydrogen-bond acceptors (Lipinski definition) is 4. The molecule has 1 N–H and O–H groups in total. The number of amidine groups is 1. The van der Waals surface area contributed by atoms with Crippen LogP contribution in [-0.4, -0.2) is 18.1 Å². The average Bonchev–Trinajstić information content (AvgIpc) is 2.05. The van der Waals surface area contributed by atoms with Crippen molar-refractivity contribution in [1.82, 2.24) is 4.98 Å². The number of halogens is 2. The molecule has 0 bridgehead atoms. The van der Waals surface area contributed by atoms with Gasteiger partial charge in [0, 0.05) is 12.4 Å². The molecule has 1 aliphatic heterocycles. The van der Waals surface area contributed by atoms with Crippen molar-refractivity contribution in [3.63, 3.8) is 0 Å². The molecule has 74 valence electrons. The summed E-state index contributed by atoms with van der Waals surface area (Å²) in [4.78, 5) is 3.83. The van der Waals surface area contributed by atoms with Gasteiger partial charge in [0.15, 0.2) is 4.74 Å². The van der Waals surface area contributed by atoms with Gasteiger partial charge in [-0.2, -0.15) is 8.42 Å². The molecule has 2 rings (SSSR count). The SMILES string of the molecule is O=S1(=O)N=C(Br)Nc2c(Br)cncc21. The van der Waals surface area contributed by atoms with Crippen LogP contribution in [0.3, 0.4) is 0 Å². The summed E-state index contributed by atoms with van der Waals surface area (Å²) in [6, 6.07) is 0. The molecule has 0 amide bonds. The summed E-state index contributed by atoms with van der Waals surface area (Å²) in [6.45, 7) is 0. The molecule has 0 spiro atoms. The van der Waals surface area contributed by atoms with Crippen molar-refractivity contribution in [3.05, 3.63) is 16.9 Å². The Kier molecular flexibility index (Phi) is 2.36. The number of nitrogens with one attached hydrogen (secondary N) is 1. The van der Waals surface area contributed by atoms with Crippen molar-refractivity contribution in [2.75, 3.05) is 5.32 Å². The fourth-order valence-corrected chi connectivity index (χ4v) is 3.31. The van der Waals surface area contributed by atoms with E-state index >= 15 is 0 Å². The van der Waals surface area contributed by atoms with Gasteiger partial charge in [-0.15, -0.1) is 4.40 Å². The summed E-state index contributed by atoms with van der Waals surface area (Å²) in [5.74, 6) is 0. The molecule has 0 atom stereocenters. The molecule has 2 heterocycles. The topological polar surface area (TPSA) is 71.4 Å². The van der Waals surface area contributed by atoms with E-state index in [1.807, 2.05) is 0 Å². The summed E-state index contributed by atoms with van der Waals surface area (Å²) in [6.07, 6.45) is 2.76. The van der Waals surface area contributed by atoms with Crippen LogP contribution in [0.2, 0.25) is 0 Å². The molecule has 1 aromatic rings. The van der Waals surface area contributed by atoms with Gasteiger partial charge in [-0.25, -0.2) is 0 Å². The van der Waals surface area contributed by atoms with Crippen LogP contribution in [0, 0.1) is 0 Å². The molecular formula is C6H3Br2N3O2S. The molecule has 8 heteroatoms. The van der Waals surface area contributed by atoms with E-state index in [9.17, 15) is 8.42 Å². The van der Waals surface area contributed by atoms with Crippen LogP contribution in [0.15, 0.2) is 26.2 Å². The first-order valence-corrected chi connectivity index (χ1v) is 6.44. The third-order valence-corrected chi connectivity index (χ3v) is 4.07. The van der Waals surface area contributed by atoms with Crippen LogP contribution in [0.5, 0.6) is 0 Å². The largest absolute Gasteiger partial charge is 0.331 e. The van der Waals surface area contributed by atoms with Crippen LogP contribution < -0.4 is 5.32 Å². The maximum Gasteiger partial charge on any atom is 0.288 e. The smallest absolute Gasteiger partial charge is 0.288 e. The number of hydrogen-bond donors (Lipinski definition) is 1. The number of pyridine rings is 1. The number of sulfonamides is 1. The molecule has 5 nitrogen and oxygen atoms in total. The fourth-order valence-electron chi connectivity index (χ4n) is 1.01. The van der Waals surface area contributed by atoms with Crippen LogP contribution in [0.1, 0.15) is 0 Å². The number of anilines is 1. The first-order chi connectivity index (χ1) is 6.50. The van der Waals surface area contributed by atoms with Crippen LogP contribution >= 0.6 is 31.9 Å². The fraction of sp³-hybridized carbons (Fsp3) is 0. The molecule has 0 aliphatic carbocycles. The standard InChI is InChI=1S/C6H3Br2N3O2S/c7-3-1-9-2-4-5(3)10-6(8)11-14(4,12)13/h1-2H,(H,10,11). The third kappa shape index (κ3) is 1.57. The van der Waals surface area contributed by atoms with Gasteiger partial charge in [0.05, 0.1) is 10.2 Å². The van der Waals surface area contributed by atoms with Gasteiger partial charge in [0.2, 0.25) is 0 Å². The Morgan fingerprint density at radius 1 is 1.29 bits per heavy atom. The summed E-state index contributed by atoms with van der Waals surface area (Å²) in [7, 11) is -3.63. The van der Waals surface area contributed by atoms with Gasteiger partial charge in [-0.05, 0) is 31.9 Å². The lowest BCUT2D eigenvalue weighted by Crippen LogP contribution is -2.17. The lowest BCUT2D eigenvalue weighted by Gasteiger charge is -2.15.